The van der Waals surface area contributed by atoms with E-state index in [2.05, 4.69) is 11.9 Å². The Kier molecular flexibility index (Phi) is 5.02. The average Bonchev–Trinajstić information content (AvgIpc) is 2.18. The number of benzene rings is 1. The fourth-order valence-electron chi connectivity index (χ4n) is 1.14. The maximum absolute atomic E-state index is 11.1. The summed E-state index contributed by atoms with van der Waals surface area (Å²) in [6, 6.07) is 7.67. The van der Waals surface area contributed by atoms with Gasteiger partial charge in [0.25, 0.3) is 0 Å². The van der Waals surface area contributed by atoms with E-state index in [1.165, 1.54) is 0 Å². The summed E-state index contributed by atoms with van der Waals surface area (Å²) >= 11 is 5.61. The number of halogens is 1. The highest BCUT2D eigenvalue weighted by Gasteiger charge is 1.97. The maximum Gasteiger partial charge on any atom is 0.0498 e. The van der Waals surface area contributed by atoms with Gasteiger partial charge in [-0.1, -0.05) is 30.3 Å². The van der Waals surface area contributed by atoms with Gasteiger partial charge in [0.15, 0.2) is 0 Å². The molecule has 1 atom stereocenters. The summed E-state index contributed by atoms with van der Waals surface area (Å²) in [4.78, 5) is 0.848. The van der Waals surface area contributed by atoms with Crippen LogP contribution >= 0.6 is 11.6 Å². The molecule has 0 aliphatic carbocycles. The van der Waals surface area contributed by atoms with Crippen LogP contribution in [0.5, 0.6) is 0 Å². The molecule has 1 aromatic carbocycles. The van der Waals surface area contributed by atoms with Gasteiger partial charge in [-0.2, -0.15) is 0 Å². The van der Waals surface area contributed by atoms with Crippen molar-refractivity contribution in [3.05, 3.63) is 41.4 Å². The van der Waals surface area contributed by atoms with Gasteiger partial charge < -0.3 is 5.32 Å². The monoisotopic (exact) mass is 243 g/mol. The van der Waals surface area contributed by atoms with Gasteiger partial charge in [0.1, 0.15) is 0 Å². The third kappa shape index (κ3) is 4.60. The first-order valence-corrected chi connectivity index (χ1v) is 6.49. The zero-order valence-electron chi connectivity index (χ0n) is 8.63. The summed E-state index contributed by atoms with van der Waals surface area (Å²) in [6.45, 7) is 4.93. The van der Waals surface area contributed by atoms with Crippen molar-refractivity contribution >= 4 is 22.4 Å². The Labute approximate surface area is 97.8 Å². The molecule has 0 amide bonds. The first-order valence-electron chi connectivity index (χ1n) is 4.56. The molecular weight excluding hydrogens is 230 g/mol. The molecule has 0 radical (unpaired) electrons. The van der Waals surface area contributed by atoms with E-state index in [1.807, 2.05) is 24.3 Å². The van der Waals surface area contributed by atoms with Crippen molar-refractivity contribution in [2.45, 2.75) is 11.4 Å². The van der Waals surface area contributed by atoms with E-state index in [-0.39, 0.29) is 0 Å². The summed E-state index contributed by atoms with van der Waals surface area (Å²) in [6.07, 6.45) is 1.67. The fourth-order valence-corrected chi connectivity index (χ4v) is 1.76. The lowest BCUT2D eigenvalue weighted by molar-refractivity contribution is 0.686. The zero-order valence-corrected chi connectivity index (χ0v) is 10.2. The predicted octanol–water partition coefficient (Wildman–Crippen LogP) is 2.27. The molecule has 4 heteroatoms. The number of nitrogens with one attached hydrogen (secondary N) is 1. The van der Waals surface area contributed by atoms with Gasteiger partial charge in [-0.25, -0.2) is 0 Å². The third-order valence-corrected chi connectivity index (χ3v) is 2.97. The zero-order chi connectivity index (χ0) is 11.3. The molecule has 1 aromatic rings. The van der Waals surface area contributed by atoms with Gasteiger partial charge in [0.2, 0.25) is 0 Å². The van der Waals surface area contributed by atoms with Crippen molar-refractivity contribution in [2.24, 2.45) is 0 Å². The highest BCUT2D eigenvalue weighted by Crippen LogP contribution is 2.07. The lowest BCUT2D eigenvalue weighted by atomic mass is 10.2. The van der Waals surface area contributed by atoms with Crippen LogP contribution in [0.15, 0.2) is 40.8 Å². The largest absolute Gasteiger partial charge is 0.308 e. The van der Waals surface area contributed by atoms with Gasteiger partial charge in [-0.3, -0.25) is 4.21 Å². The molecule has 1 unspecified atom stereocenters. The van der Waals surface area contributed by atoms with E-state index in [0.29, 0.717) is 11.6 Å². The van der Waals surface area contributed by atoms with Crippen LogP contribution < -0.4 is 5.32 Å². The van der Waals surface area contributed by atoms with E-state index in [9.17, 15) is 4.21 Å². The molecule has 0 aliphatic heterocycles. The van der Waals surface area contributed by atoms with Gasteiger partial charge in [-0.15, -0.1) is 0 Å². The minimum atomic E-state index is -0.906. The van der Waals surface area contributed by atoms with Crippen molar-refractivity contribution in [1.29, 1.82) is 0 Å². The maximum atomic E-state index is 11.1. The van der Waals surface area contributed by atoms with Crippen LogP contribution in [0.2, 0.25) is 0 Å². The van der Waals surface area contributed by atoms with E-state index >= 15 is 0 Å². The van der Waals surface area contributed by atoms with Crippen LogP contribution in [-0.4, -0.2) is 17.0 Å². The Bertz CT molecular complexity index is 361. The van der Waals surface area contributed by atoms with Crippen LogP contribution in [0.4, 0.5) is 0 Å². The summed E-state index contributed by atoms with van der Waals surface area (Å²) in [5, 5.41) is 3.74. The molecule has 0 aliphatic rings. The molecular formula is C11H14ClNOS. The fraction of sp³-hybridized carbons (Fsp3) is 0.273. The van der Waals surface area contributed by atoms with Crippen LogP contribution in [0.1, 0.15) is 5.56 Å². The summed E-state index contributed by atoms with van der Waals surface area (Å²) in [5.74, 6) is 0. The summed E-state index contributed by atoms with van der Waals surface area (Å²) in [5.41, 5.74) is 1.14. The second-order valence-electron chi connectivity index (χ2n) is 3.22. The molecule has 0 bridgehead atoms. The van der Waals surface area contributed by atoms with Gasteiger partial charge >= 0.3 is 0 Å². The summed E-state index contributed by atoms with van der Waals surface area (Å²) < 4.78 is 11.1. The lowest BCUT2D eigenvalue weighted by Gasteiger charge is -2.04. The van der Waals surface area contributed by atoms with Crippen molar-refractivity contribution in [3.8, 4) is 0 Å². The van der Waals surface area contributed by atoms with Crippen molar-refractivity contribution in [1.82, 2.24) is 5.32 Å². The second kappa shape index (κ2) is 6.05. The van der Waals surface area contributed by atoms with E-state index in [4.69, 9.17) is 11.6 Å². The lowest BCUT2D eigenvalue weighted by Crippen LogP contribution is -2.14. The Morgan fingerprint density at radius 3 is 2.53 bits per heavy atom. The molecule has 0 saturated heterocycles. The predicted molar refractivity (Wildman–Crippen MR) is 65.5 cm³/mol. The molecule has 0 saturated carbocycles. The molecule has 82 valence electrons. The SMILES string of the molecule is C=C(Cl)CNCc1ccc(S(C)=O)cc1. The number of rotatable bonds is 5. The summed E-state index contributed by atoms with van der Waals surface area (Å²) in [7, 11) is -0.906. The van der Waals surface area contributed by atoms with Gasteiger partial charge in [-0.05, 0) is 17.7 Å². The Hall–Kier alpha value is -0.640. The standard InChI is InChI=1S/C11H14ClNOS/c1-9(12)7-13-8-10-3-5-11(6-4-10)15(2)14/h3-6,13H,1,7-8H2,2H3. The molecule has 15 heavy (non-hydrogen) atoms. The van der Waals surface area contributed by atoms with Crippen LogP contribution in [0.25, 0.3) is 0 Å². The molecule has 0 spiro atoms. The first kappa shape index (κ1) is 12.4. The molecule has 0 fully saturated rings. The van der Waals surface area contributed by atoms with Gasteiger partial charge in [0, 0.05) is 40.1 Å². The minimum Gasteiger partial charge on any atom is -0.308 e. The highest BCUT2D eigenvalue weighted by atomic mass is 35.5. The Morgan fingerprint density at radius 2 is 2.07 bits per heavy atom. The smallest absolute Gasteiger partial charge is 0.0498 e. The molecule has 1 rings (SSSR count). The first-order chi connectivity index (χ1) is 7.09. The van der Waals surface area contributed by atoms with Crippen molar-refractivity contribution < 1.29 is 4.21 Å². The topological polar surface area (TPSA) is 29.1 Å². The Morgan fingerprint density at radius 1 is 1.47 bits per heavy atom. The average molecular weight is 244 g/mol. The molecule has 1 N–H and O–H groups in total. The highest BCUT2D eigenvalue weighted by molar-refractivity contribution is 7.84. The van der Waals surface area contributed by atoms with Crippen LogP contribution in [-0.2, 0) is 17.3 Å². The van der Waals surface area contributed by atoms with Gasteiger partial charge in [0.05, 0.1) is 0 Å². The quantitative estimate of drug-likeness (QED) is 0.860. The Balaban J connectivity index is 2.50. The second-order valence-corrected chi connectivity index (χ2v) is 5.13. The van der Waals surface area contributed by atoms with Crippen LogP contribution in [0.3, 0.4) is 0 Å². The van der Waals surface area contributed by atoms with E-state index in [0.717, 1.165) is 17.0 Å². The van der Waals surface area contributed by atoms with Crippen LogP contribution in [0, 0.1) is 0 Å². The van der Waals surface area contributed by atoms with Crippen molar-refractivity contribution in [2.75, 3.05) is 12.8 Å². The number of hydrogen-bond acceptors (Lipinski definition) is 2. The van der Waals surface area contributed by atoms with E-state index < -0.39 is 10.8 Å². The van der Waals surface area contributed by atoms with Crippen molar-refractivity contribution in [3.63, 3.8) is 0 Å². The molecule has 0 heterocycles. The third-order valence-electron chi connectivity index (χ3n) is 1.90. The molecule has 0 aromatic heterocycles. The normalized spacial score (nSPS) is 12.4. The minimum absolute atomic E-state index is 0.598. The number of hydrogen-bond donors (Lipinski definition) is 1. The molecule has 2 nitrogen and oxygen atoms in total. The van der Waals surface area contributed by atoms with E-state index in [1.54, 1.807) is 6.26 Å².